The molecule has 1 fully saturated rings. The number of carbonyl (C=O) groups excluding carboxylic acids is 1. The molecule has 1 aliphatic heterocycles. The fraction of sp³-hybridized carbons (Fsp3) is 0.471. The van der Waals surface area contributed by atoms with E-state index >= 15 is 0 Å². The van der Waals surface area contributed by atoms with Crippen LogP contribution in [0.2, 0.25) is 0 Å². The minimum atomic E-state index is -0.267. The van der Waals surface area contributed by atoms with Crippen molar-refractivity contribution in [2.75, 3.05) is 20.3 Å². The summed E-state index contributed by atoms with van der Waals surface area (Å²) >= 11 is 0. The van der Waals surface area contributed by atoms with E-state index in [1.807, 2.05) is 6.07 Å². The SMILES string of the molecule is COc1ccc(CCNC(=O)c2cn(C[C@@H]3CCCO3)nn2)cc1O. The summed E-state index contributed by atoms with van der Waals surface area (Å²) in [5.41, 5.74) is 1.19. The van der Waals surface area contributed by atoms with Gasteiger partial charge in [-0.1, -0.05) is 11.3 Å². The van der Waals surface area contributed by atoms with Crippen molar-refractivity contribution in [2.45, 2.75) is 31.9 Å². The third-order valence-electron chi connectivity index (χ3n) is 4.13. The van der Waals surface area contributed by atoms with Gasteiger partial charge < -0.3 is 19.9 Å². The van der Waals surface area contributed by atoms with E-state index < -0.39 is 0 Å². The summed E-state index contributed by atoms with van der Waals surface area (Å²) in [5, 5.41) is 20.4. The van der Waals surface area contributed by atoms with Crippen LogP contribution in [0.3, 0.4) is 0 Å². The van der Waals surface area contributed by atoms with Crippen LogP contribution in [0, 0.1) is 0 Å². The zero-order chi connectivity index (χ0) is 17.6. The number of phenolic OH excluding ortho intramolecular Hbond substituents is 1. The number of methoxy groups -OCH3 is 1. The predicted octanol–water partition coefficient (Wildman–Crippen LogP) is 1.14. The van der Waals surface area contributed by atoms with Crippen molar-refractivity contribution >= 4 is 5.91 Å². The number of hydrogen-bond donors (Lipinski definition) is 2. The Morgan fingerprint density at radius 2 is 2.40 bits per heavy atom. The third kappa shape index (κ3) is 4.48. The number of rotatable bonds is 7. The highest BCUT2D eigenvalue weighted by atomic mass is 16.5. The van der Waals surface area contributed by atoms with Gasteiger partial charge in [0.05, 0.1) is 26.0 Å². The Morgan fingerprint density at radius 3 is 3.12 bits per heavy atom. The monoisotopic (exact) mass is 346 g/mol. The number of hydrogen-bond acceptors (Lipinski definition) is 6. The van der Waals surface area contributed by atoms with Gasteiger partial charge in [-0.25, -0.2) is 4.68 Å². The van der Waals surface area contributed by atoms with Gasteiger partial charge in [-0.3, -0.25) is 4.79 Å². The van der Waals surface area contributed by atoms with Crippen LogP contribution in [0.25, 0.3) is 0 Å². The van der Waals surface area contributed by atoms with E-state index in [9.17, 15) is 9.90 Å². The van der Waals surface area contributed by atoms with Crippen molar-refractivity contribution in [3.63, 3.8) is 0 Å². The van der Waals surface area contributed by atoms with E-state index in [-0.39, 0.29) is 23.5 Å². The average Bonchev–Trinajstić information content (AvgIpc) is 3.27. The molecule has 1 aliphatic rings. The minimum Gasteiger partial charge on any atom is -0.504 e. The lowest BCUT2D eigenvalue weighted by molar-refractivity contribution is 0.0930. The zero-order valence-corrected chi connectivity index (χ0v) is 14.1. The number of nitrogens with one attached hydrogen (secondary N) is 1. The molecule has 1 atom stereocenters. The molecule has 0 saturated carbocycles. The molecular formula is C17H22N4O4. The van der Waals surface area contributed by atoms with Crippen LogP contribution in [0.4, 0.5) is 0 Å². The fourth-order valence-corrected chi connectivity index (χ4v) is 2.79. The van der Waals surface area contributed by atoms with E-state index in [0.717, 1.165) is 25.0 Å². The van der Waals surface area contributed by atoms with Crippen LogP contribution in [-0.4, -0.2) is 52.4 Å². The number of benzene rings is 1. The zero-order valence-electron chi connectivity index (χ0n) is 14.1. The molecule has 1 saturated heterocycles. The fourth-order valence-electron chi connectivity index (χ4n) is 2.79. The highest BCUT2D eigenvalue weighted by Crippen LogP contribution is 2.26. The Morgan fingerprint density at radius 1 is 1.52 bits per heavy atom. The van der Waals surface area contributed by atoms with Gasteiger partial charge in [-0.2, -0.15) is 0 Å². The minimum absolute atomic E-state index is 0.0865. The maximum absolute atomic E-state index is 12.1. The molecule has 0 radical (unpaired) electrons. The van der Waals surface area contributed by atoms with Gasteiger partial charge in [-0.05, 0) is 37.0 Å². The van der Waals surface area contributed by atoms with Gasteiger partial charge in [0.25, 0.3) is 5.91 Å². The number of phenols is 1. The summed E-state index contributed by atoms with van der Waals surface area (Å²) in [5.74, 6) is 0.246. The average molecular weight is 346 g/mol. The lowest BCUT2D eigenvalue weighted by atomic mass is 10.1. The maximum atomic E-state index is 12.1. The summed E-state index contributed by atoms with van der Waals surface area (Å²) in [6.45, 7) is 1.84. The molecule has 0 aliphatic carbocycles. The molecule has 1 aromatic carbocycles. The summed E-state index contributed by atoms with van der Waals surface area (Å²) in [6, 6.07) is 5.18. The van der Waals surface area contributed by atoms with Crippen LogP contribution < -0.4 is 10.1 Å². The Balaban J connectivity index is 1.47. The molecule has 25 heavy (non-hydrogen) atoms. The molecule has 2 heterocycles. The molecule has 8 heteroatoms. The van der Waals surface area contributed by atoms with Gasteiger partial charge in [0.2, 0.25) is 0 Å². The predicted molar refractivity (Wildman–Crippen MR) is 89.7 cm³/mol. The van der Waals surface area contributed by atoms with Crippen LogP contribution in [-0.2, 0) is 17.7 Å². The lowest BCUT2D eigenvalue weighted by Gasteiger charge is -2.07. The molecule has 2 aromatic rings. The summed E-state index contributed by atoms with van der Waals surface area (Å²) in [6.07, 6.45) is 4.45. The normalized spacial score (nSPS) is 16.8. The van der Waals surface area contributed by atoms with Gasteiger partial charge >= 0.3 is 0 Å². The summed E-state index contributed by atoms with van der Waals surface area (Å²) < 4.78 is 12.2. The van der Waals surface area contributed by atoms with Crippen molar-refractivity contribution in [3.05, 3.63) is 35.7 Å². The van der Waals surface area contributed by atoms with Crippen LogP contribution in [0.15, 0.2) is 24.4 Å². The summed E-state index contributed by atoms with van der Waals surface area (Å²) in [4.78, 5) is 12.1. The molecule has 1 aromatic heterocycles. The Bertz CT molecular complexity index is 725. The quantitative estimate of drug-likeness (QED) is 0.780. The topological polar surface area (TPSA) is 98.5 Å². The number of aromatic nitrogens is 3. The molecular weight excluding hydrogens is 324 g/mol. The Hall–Kier alpha value is -2.61. The number of aromatic hydroxyl groups is 1. The first-order valence-corrected chi connectivity index (χ1v) is 8.31. The number of ether oxygens (including phenoxy) is 2. The highest BCUT2D eigenvalue weighted by molar-refractivity contribution is 5.91. The van der Waals surface area contributed by atoms with E-state index in [1.165, 1.54) is 7.11 Å². The second-order valence-electron chi connectivity index (χ2n) is 5.97. The van der Waals surface area contributed by atoms with Gasteiger partial charge in [0, 0.05) is 13.2 Å². The number of carbonyl (C=O) groups is 1. The van der Waals surface area contributed by atoms with Crippen molar-refractivity contribution in [2.24, 2.45) is 0 Å². The molecule has 0 unspecified atom stereocenters. The highest BCUT2D eigenvalue weighted by Gasteiger charge is 2.18. The van der Waals surface area contributed by atoms with Gasteiger partial charge in [0.1, 0.15) is 0 Å². The Kier molecular flexibility index (Phi) is 5.49. The van der Waals surface area contributed by atoms with E-state index in [1.54, 1.807) is 23.0 Å². The molecule has 1 amide bonds. The van der Waals surface area contributed by atoms with Crippen molar-refractivity contribution < 1.29 is 19.4 Å². The van der Waals surface area contributed by atoms with Crippen LogP contribution in [0.5, 0.6) is 11.5 Å². The number of nitrogens with zero attached hydrogens (tertiary/aromatic N) is 3. The lowest BCUT2D eigenvalue weighted by Crippen LogP contribution is -2.26. The van der Waals surface area contributed by atoms with Crippen LogP contribution >= 0.6 is 0 Å². The second-order valence-corrected chi connectivity index (χ2v) is 5.97. The molecule has 8 nitrogen and oxygen atoms in total. The van der Waals surface area contributed by atoms with E-state index in [4.69, 9.17) is 9.47 Å². The molecule has 2 N–H and O–H groups in total. The van der Waals surface area contributed by atoms with Gasteiger partial charge in [-0.15, -0.1) is 5.10 Å². The standard InChI is InChI=1S/C17H22N4O4/c1-24-16-5-4-12(9-15(16)22)6-7-18-17(23)14-11-21(20-19-14)10-13-3-2-8-25-13/h4-5,9,11,13,22H,2-3,6-8,10H2,1H3,(H,18,23)/t13-/m0/s1. The van der Waals surface area contributed by atoms with Gasteiger partial charge in [0.15, 0.2) is 17.2 Å². The first-order valence-electron chi connectivity index (χ1n) is 8.31. The molecule has 0 bridgehead atoms. The Labute approximate surface area is 145 Å². The first-order chi connectivity index (χ1) is 12.2. The second kappa shape index (κ2) is 7.98. The van der Waals surface area contributed by atoms with E-state index in [2.05, 4.69) is 15.6 Å². The van der Waals surface area contributed by atoms with Crippen molar-refractivity contribution in [3.8, 4) is 11.5 Å². The molecule has 134 valence electrons. The molecule has 3 rings (SSSR count). The largest absolute Gasteiger partial charge is 0.504 e. The van der Waals surface area contributed by atoms with Crippen LogP contribution in [0.1, 0.15) is 28.9 Å². The maximum Gasteiger partial charge on any atom is 0.273 e. The number of amides is 1. The summed E-state index contributed by atoms with van der Waals surface area (Å²) in [7, 11) is 1.50. The van der Waals surface area contributed by atoms with Crippen molar-refractivity contribution in [1.29, 1.82) is 0 Å². The molecule has 0 spiro atoms. The third-order valence-corrected chi connectivity index (χ3v) is 4.13. The first kappa shape index (κ1) is 17.2. The van der Waals surface area contributed by atoms with Crippen molar-refractivity contribution in [1.82, 2.24) is 20.3 Å². The smallest absolute Gasteiger partial charge is 0.273 e. The van der Waals surface area contributed by atoms with E-state index in [0.29, 0.717) is 25.3 Å².